The van der Waals surface area contributed by atoms with Gasteiger partial charge in [-0.05, 0) is 75.5 Å². The van der Waals surface area contributed by atoms with Crippen LogP contribution in [-0.2, 0) is 47.7 Å². The zero-order valence-electron chi connectivity index (χ0n) is 39.0. The van der Waals surface area contributed by atoms with Crippen LogP contribution in [0.4, 0.5) is 4.79 Å². The average molecular weight is 926 g/mol. The van der Waals surface area contributed by atoms with E-state index in [1.54, 1.807) is 76.2 Å². The summed E-state index contributed by atoms with van der Waals surface area (Å²) in [7, 11) is 2.95. The molecule has 0 aromatic rings. The van der Waals surface area contributed by atoms with Crippen molar-refractivity contribution in [2.24, 2.45) is 29.6 Å². The number of likely N-dealkylation sites (N-methyl/N-ethyl adjacent to an activating group) is 2. The lowest BCUT2D eigenvalue weighted by Gasteiger charge is -2.36. The molecule has 16 heteroatoms. The number of nitrogens with zero attached hydrogens (tertiary/aromatic N) is 3. The summed E-state index contributed by atoms with van der Waals surface area (Å²) in [6, 6.07) is -4.08. The monoisotopic (exact) mass is 924 g/mol. The summed E-state index contributed by atoms with van der Waals surface area (Å²) in [5.41, 5.74) is -0.759. The van der Waals surface area contributed by atoms with Crippen LogP contribution in [0, 0.1) is 40.3 Å². The Bertz CT molecular complexity index is 1580. The first-order chi connectivity index (χ1) is 28.4. The van der Waals surface area contributed by atoms with Crippen molar-refractivity contribution in [3.05, 3.63) is 12.7 Å². The number of carbonyl (C=O) groups is 7. The van der Waals surface area contributed by atoms with Gasteiger partial charge in [0.25, 0.3) is 0 Å². The lowest BCUT2D eigenvalue weighted by Crippen LogP contribution is -2.57. The van der Waals surface area contributed by atoms with Gasteiger partial charge in [-0.2, -0.15) is 0 Å². The Morgan fingerprint density at radius 2 is 1.46 bits per heavy atom. The molecular formula is C45H73BrN4O11. The fourth-order valence-electron chi connectivity index (χ4n) is 7.11. The van der Waals surface area contributed by atoms with Gasteiger partial charge in [-0.15, -0.1) is 0 Å². The lowest BCUT2D eigenvalue weighted by atomic mass is 9.95. The Morgan fingerprint density at radius 3 is 1.97 bits per heavy atom. The minimum atomic E-state index is -1.20. The maximum Gasteiger partial charge on any atom is 0.410 e. The molecule has 1 heterocycles. The van der Waals surface area contributed by atoms with Crippen molar-refractivity contribution in [2.75, 3.05) is 27.2 Å². The van der Waals surface area contributed by atoms with Crippen LogP contribution in [0.1, 0.15) is 122 Å². The van der Waals surface area contributed by atoms with Crippen LogP contribution in [0.5, 0.6) is 0 Å². The molecule has 0 spiro atoms. The van der Waals surface area contributed by atoms with E-state index in [9.17, 15) is 33.6 Å². The summed E-state index contributed by atoms with van der Waals surface area (Å²) >= 11 is 3.09. The highest BCUT2D eigenvalue weighted by molar-refractivity contribution is 9.12. The highest BCUT2D eigenvalue weighted by Crippen LogP contribution is 2.26. The van der Waals surface area contributed by atoms with Crippen molar-refractivity contribution in [3.63, 3.8) is 0 Å². The van der Waals surface area contributed by atoms with E-state index in [2.05, 4.69) is 38.6 Å². The zero-order valence-corrected chi connectivity index (χ0v) is 40.6. The third-order valence-electron chi connectivity index (χ3n) is 10.7. The van der Waals surface area contributed by atoms with Crippen molar-refractivity contribution >= 4 is 57.7 Å². The second kappa shape index (κ2) is 25.7. The lowest BCUT2D eigenvalue weighted by molar-refractivity contribution is -0.176. The van der Waals surface area contributed by atoms with Crippen molar-refractivity contribution < 1.29 is 52.5 Å². The molecule has 1 aliphatic heterocycles. The minimum absolute atomic E-state index is 0.0554. The topological polar surface area (TPSA) is 178 Å². The van der Waals surface area contributed by atoms with Crippen LogP contribution < -0.4 is 5.32 Å². The van der Waals surface area contributed by atoms with Crippen LogP contribution >= 0.6 is 15.9 Å². The third-order valence-corrected chi connectivity index (χ3v) is 11.0. The Morgan fingerprint density at radius 1 is 0.885 bits per heavy atom. The summed E-state index contributed by atoms with van der Waals surface area (Å²) in [6.07, 6.45) is 1.30. The Kier molecular flexibility index (Phi) is 23.1. The molecule has 1 saturated heterocycles. The number of likely N-dealkylation sites (tertiary alicyclic amines) is 1. The predicted octanol–water partition coefficient (Wildman–Crippen LogP) is 6.25. The number of rotatable bonds is 22. The molecule has 0 aromatic carbocycles. The van der Waals surface area contributed by atoms with E-state index in [0.29, 0.717) is 38.6 Å². The van der Waals surface area contributed by atoms with Crippen LogP contribution in [0.3, 0.4) is 0 Å². The highest BCUT2D eigenvalue weighted by Gasteiger charge is 2.44. The van der Waals surface area contributed by atoms with Crippen molar-refractivity contribution in [3.8, 4) is 10.8 Å². The molecule has 0 radical (unpaired) electrons. The average Bonchev–Trinajstić information content (AvgIpc) is 3.67. The number of hydrogen-bond donors (Lipinski definition) is 1. The number of nitrogens with one attached hydrogen (secondary N) is 1. The predicted molar refractivity (Wildman–Crippen MR) is 236 cm³/mol. The molecular weight excluding hydrogens is 852 g/mol. The molecule has 0 aromatic heterocycles. The Hall–Kier alpha value is -4.13. The number of esters is 3. The van der Waals surface area contributed by atoms with E-state index < -0.39 is 107 Å². The minimum Gasteiger partial charge on any atom is -0.460 e. The maximum atomic E-state index is 14.2. The normalized spacial score (nSPS) is 17.4. The van der Waals surface area contributed by atoms with Gasteiger partial charge in [-0.1, -0.05) is 80.9 Å². The van der Waals surface area contributed by atoms with E-state index in [0.717, 1.165) is 0 Å². The van der Waals surface area contributed by atoms with Gasteiger partial charge in [-0.3, -0.25) is 19.3 Å². The van der Waals surface area contributed by atoms with Gasteiger partial charge in [-0.25, -0.2) is 19.2 Å². The van der Waals surface area contributed by atoms with Gasteiger partial charge in [0.1, 0.15) is 42.5 Å². The molecule has 1 rings (SSSR count). The third kappa shape index (κ3) is 16.6. The van der Waals surface area contributed by atoms with Gasteiger partial charge >= 0.3 is 24.0 Å². The molecule has 61 heavy (non-hydrogen) atoms. The molecule has 0 bridgehead atoms. The molecule has 8 atom stereocenters. The summed E-state index contributed by atoms with van der Waals surface area (Å²) in [5.74, 6) is -3.49. The molecule has 0 saturated carbocycles. The Labute approximate surface area is 372 Å². The van der Waals surface area contributed by atoms with Crippen molar-refractivity contribution in [2.45, 2.75) is 164 Å². The molecule has 1 aliphatic rings. The smallest absolute Gasteiger partial charge is 0.410 e. The molecule has 4 amide bonds. The molecule has 0 aliphatic carbocycles. The van der Waals surface area contributed by atoms with E-state index >= 15 is 0 Å². The summed E-state index contributed by atoms with van der Waals surface area (Å²) < 4.78 is 22.6. The molecule has 0 unspecified atom stereocenters. The number of carbonyl (C=O) groups excluding carboxylic acids is 7. The second-order valence-electron chi connectivity index (χ2n) is 17.9. The van der Waals surface area contributed by atoms with Gasteiger partial charge in [0.15, 0.2) is 0 Å². The maximum absolute atomic E-state index is 14.2. The van der Waals surface area contributed by atoms with E-state index in [-0.39, 0.29) is 18.9 Å². The SMILES string of the molecule is C=CCOC(=O)[C@@H](OC(=O)[C@H](C(C)C)N(C)C(=O)[C@@H](NC(=O)[C@@H](C)[C@@H](CCCC#CBr)OC(=O)[C@H](C(C)C)N(C)C(=O)[C@@H]1CCCN1C(=O)OC(C)(C)C)C(C)C)[C@@H](C)CC. The number of hydrogen-bond acceptors (Lipinski definition) is 11. The van der Waals surface area contributed by atoms with Crippen LogP contribution in [0.2, 0.25) is 0 Å². The van der Waals surface area contributed by atoms with Gasteiger partial charge in [0.05, 0.1) is 5.92 Å². The van der Waals surface area contributed by atoms with Crippen LogP contribution in [0.15, 0.2) is 12.7 Å². The first-order valence-corrected chi connectivity index (χ1v) is 22.3. The largest absolute Gasteiger partial charge is 0.460 e. The number of ether oxygens (including phenoxy) is 4. The zero-order chi connectivity index (χ0) is 46.9. The quantitative estimate of drug-likeness (QED) is 0.0427. The van der Waals surface area contributed by atoms with E-state index in [1.807, 2.05) is 6.92 Å². The summed E-state index contributed by atoms with van der Waals surface area (Å²) in [5, 5.41) is 2.85. The molecule has 15 nitrogen and oxygen atoms in total. The number of unbranched alkanes of at least 4 members (excludes halogenated alkanes) is 1. The van der Waals surface area contributed by atoms with Crippen LogP contribution in [0.25, 0.3) is 0 Å². The summed E-state index contributed by atoms with van der Waals surface area (Å²) in [6.45, 7) is 24.8. The molecule has 1 fully saturated rings. The number of amides is 4. The van der Waals surface area contributed by atoms with Crippen molar-refractivity contribution in [1.29, 1.82) is 0 Å². The van der Waals surface area contributed by atoms with Gasteiger partial charge in [0, 0.05) is 48.9 Å². The standard InChI is InChI=1S/C45H73BrN4O11/c1-16-26-58-43(56)37(30(9)17-2)60-42(55)36(29(7)8)49(15)40(53)34(27(3)4)47-38(51)31(10)33(23-19-18-20-24-46)59-41(54)35(28(5)6)48(14)39(52)32-22-21-25-50(32)44(57)61-45(11,12)13/h16,27-37H,1,17-19,21-23,25-26H2,2-15H3,(H,47,51)/t30-,31-,32-,33+,34-,35-,36-,37-/m0/s1. The summed E-state index contributed by atoms with van der Waals surface area (Å²) in [4.78, 5) is 103. The number of halogens is 1. The second-order valence-corrected chi connectivity index (χ2v) is 18.3. The molecule has 346 valence electrons. The first-order valence-electron chi connectivity index (χ1n) is 21.5. The van der Waals surface area contributed by atoms with E-state index in [1.165, 1.54) is 34.9 Å². The van der Waals surface area contributed by atoms with E-state index in [4.69, 9.17) is 18.9 Å². The highest BCUT2D eigenvalue weighted by atomic mass is 79.9. The fraction of sp³-hybridized carbons (Fsp3) is 0.756. The van der Waals surface area contributed by atoms with Crippen LogP contribution in [-0.4, -0.2) is 126 Å². The van der Waals surface area contributed by atoms with Crippen molar-refractivity contribution in [1.82, 2.24) is 20.0 Å². The fourth-order valence-corrected chi connectivity index (χ4v) is 7.31. The Balaban J connectivity index is 3.38. The van der Waals surface area contributed by atoms with Gasteiger partial charge < -0.3 is 34.1 Å². The first kappa shape index (κ1) is 54.9. The molecule has 1 N–H and O–H groups in total. The van der Waals surface area contributed by atoms with Gasteiger partial charge in [0.2, 0.25) is 23.8 Å².